The van der Waals surface area contributed by atoms with E-state index >= 15 is 0 Å². The highest BCUT2D eigenvalue weighted by Gasteiger charge is 2.14. The van der Waals surface area contributed by atoms with Gasteiger partial charge in [0.2, 0.25) is 0 Å². The molecule has 3 heteroatoms. The summed E-state index contributed by atoms with van der Waals surface area (Å²) in [4.78, 5) is 11.6. The van der Waals surface area contributed by atoms with E-state index in [0.29, 0.717) is 12.1 Å². The number of aromatic hydroxyl groups is 1. The second-order valence-corrected chi connectivity index (χ2v) is 4.46. The van der Waals surface area contributed by atoms with Crippen molar-refractivity contribution in [1.82, 2.24) is 0 Å². The molecule has 1 aromatic carbocycles. The van der Waals surface area contributed by atoms with Crippen molar-refractivity contribution in [2.45, 2.75) is 32.6 Å². The second kappa shape index (κ2) is 5.04. The number of phenols is 1. The van der Waals surface area contributed by atoms with Crippen molar-refractivity contribution in [3.05, 3.63) is 35.5 Å². The maximum Gasteiger partial charge on any atom is 0.160 e. The zero-order valence-electron chi connectivity index (χ0n) is 9.99. The van der Waals surface area contributed by atoms with Crippen LogP contribution in [0.15, 0.2) is 30.0 Å². The minimum Gasteiger partial charge on any atom is -0.506 e. The molecule has 1 aliphatic carbocycles. The van der Waals surface area contributed by atoms with Gasteiger partial charge in [-0.25, -0.2) is 0 Å². The minimum atomic E-state index is 0.213. The third-order valence-corrected chi connectivity index (χ3v) is 3.01. The van der Waals surface area contributed by atoms with Gasteiger partial charge in [0.05, 0.1) is 5.69 Å². The monoisotopic (exact) mass is 231 g/mol. The van der Waals surface area contributed by atoms with Crippen molar-refractivity contribution in [1.29, 1.82) is 0 Å². The van der Waals surface area contributed by atoms with Crippen LogP contribution in [0.3, 0.4) is 0 Å². The van der Waals surface area contributed by atoms with E-state index in [2.05, 4.69) is 5.32 Å². The number of phenolic OH excluding ortho intramolecular Hbond substituents is 1. The molecule has 1 fully saturated rings. The van der Waals surface area contributed by atoms with Gasteiger partial charge in [-0.2, -0.15) is 0 Å². The number of carbonyl (C=O) groups is 1. The van der Waals surface area contributed by atoms with Gasteiger partial charge in [0.25, 0.3) is 0 Å². The Balaban J connectivity index is 2.10. The number of benzene rings is 1. The summed E-state index contributed by atoms with van der Waals surface area (Å²) in [6.07, 6.45) is 5.27. The van der Waals surface area contributed by atoms with E-state index in [1.54, 1.807) is 12.3 Å². The van der Waals surface area contributed by atoms with Gasteiger partial charge < -0.3 is 10.4 Å². The van der Waals surface area contributed by atoms with Crippen LogP contribution in [-0.2, 0) is 4.79 Å². The van der Waals surface area contributed by atoms with Crippen LogP contribution in [0.5, 0.6) is 5.75 Å². The van der Waals surface area contributed by atoms with Gasteiger partial charge in [0.15, 0.2) is 5.78 Å². The predicted octanol–water partition coefficient (Wildman–Crippen LogP) is 3.14. The van der Waals surface area contributed by atoms with Gasteiger partial charge >= 0.3 is 0 Å². The minimum absolute atomic E-state index is 0.213. The molecular formula is C14H17NO2. The molecule has 0 aliphatic heterocycles. The van der Waals surface area contributed by atoms with Crippen LogP contribution in [0.2, 0.25) is 0 Å². The fourth-order valence-corrected chi connectivity index (χ4v) is 1.98. The molecule has 1 saturated carbocycles. The van der Waals surface area contributed by atoms with Crippen molar-refractivity contribution >= 4 is 11.5 Å². The number of carbonyl (C=O) groups excluding carboxylic acids is 1. The first-order chi connectivity index (χ1) is 8.16. The summed E-state index contributed by atoms with van der Waals surface area (Å²) in [5.41, 5.74) is 2.48. The van der Waals surface area contributed by atoms with E-state index in [-0.39, 0.29) is 11.5 Å². The van der Waals surface area contributed by atoms with Gasteiger partial charge in [-0.1, -0.05) is 6.07 Å². The highest BCUT2D eigenvalue weighted by molar-refractivity contribution is 5.96. The fraction of sp³-hybridized carbons (Fsp3) is 0.357. The molecule has 0 unspecified atom stereocenters. The highest BCUT2D eigenvalue weighted by Crippen LogP contribution is 2.25. The number of Topliss-reactive ketones (excluding diaryl/α,β-unsaturated/α-hetero) is 1. The first-order valence-electron chi connectivity index (χ1n) is 5.95. The Hall–Kier alpha value is -1.77. The Labute approximate surface area is 101 Å². The number of hydrogen-bond donors (Lipinski definition) is 2. The quantitative estimate of drug-likeness (QED) is 0.607. The molecule has 3 nitrogen and oxygen atoms in total. The lowest BCUT2D eigenvalue weighted by atomic mass is 9.94. The van der Waals surface area contributed by atoms with Crippen LogP contribution in [0.4, 0.5) is 5.69 Å². The second-order valence-electron chi connectivity index (χ2n) is 4.46. The van der Waals surface area contributed by atoms with Crippen LogP contribution < -0.4 is 5.32 Å². The lowest BCUT2D eigenvalue weighted by Gasteiger charge is -2.13. The Kier molecular flexibility index (Phi) is 3.47. The van der Waals surface area contributed by atoms with Crippen molar-refractivity contribution in [3.8, 4) is 5.75 Å². The molecular weight excluding hydrogens is 214 g/mol. The molecule has 0 amide bonds. The van der Waals surface area contributed by atoms with Crippen LogP contribution in [0.25, 0.3) is 0 Å². The number of rotatable bonds is 2. The summed E-state index contributed by atoms with van der Waals surface area (Å²) in [5.74, 6) is 0.431. The van der Waals surface area contributed by atoms with E-state index in [1.165, 1.54) is 0 Å². The maximum absolute atomic E-state index is 11.6. The summed E-state index contributed by atoms with van der Waals surface area (Å²) in [7, 11) is 0. The third-order valence-electron chi connectivity index (χ3n) is 3.01. The molecule has 0 saturated heterocycles. The molecule has 90 valence electrons. The fourth-order valence-electron chi connectivity index (χ4n) is 1.98. The molecule has 0 radical (unpaired) electrons. The van der Waals surface area contributed by atoms with Crippen molar-refractivity contribution in [2.75, 3.05) is 5.32 Å². The lowest BCUT2D eigenvalue weighted by Crippen LogP contribution is -2.09. The zero-order chi connectivity index (χ0) is 12.3. The Morgan fingerprint density at radius 1 is 1.29 bits per heavy atom. The largest absolute Gasteiger partial charge is 0.506 e. The average Bonchev–Trinajstić information content (AvgIpc) is 2.30. The molecule has 0 spiro atoms. The van der Waals surface area contributed by atoms with Gasteiger partial charge in [-0.3, -0.25) is 4.79 Å². The normalized spacial score (nSPS) is 18.4. The Bertz CT molecular complexity index is 463. The SMILES string of the molecule is Cc1ccc(NC=C2CCCCC2=O)c(O)c1. The first-order valence-corrected chi connectivity index (χ1v) is 5.95. The molecule has 17 heavy (non-hydrogen) atoms. The van der Waals surface area contributed by atoms with Gasteiger partial charge in [-0.15, -0.1) is 0 Å². The summed E-state index contributed by atoms with van der Waals surface area (Å²) in [6.45, 7) is 1.92. The predicted molar refractivity (Wildman–Crippen MR) is 68.0 cm³/mol. The Morgan fingerprint density at radius 3 is 2.76 bits per heavy atom. The van der Waals surface area contributed by atoms with Gasteiger partial charge in [-0.05, 0) is 43.9 Å². The Morgan fingerprint density at radius 2 is 2.06 bits per heavy atom. The lowest BCUT2D eigenvalue weighted by molar-refractivity contribution is -0.116. The van der Waals surface area contributed by atoms with E-state index < -0.39 is 0 Å². The number of nitrogens with one attached hydrogen (secondary N) is 1. The summed E-state index contributed by atoms with van der Waals surface area (Å²) in [6, 6.07) is 5.43. The van der Waals surface area contributed by atoms with E-state index in [0.717, 1.165) is 30.4 Å². The highest BCUT2D eigenvalue weighted by atomic mass is 16.3. The first kappa shape index (κ1) is 11.7. The van der Waals surface area contributed by atoms with Crippen molar-refractivity contribution in [2.24, 2.45) is 0 Å². The smallest absolute Gasteiger partial charge is 0.160 e. The van der Waals surface area contributed by atoms with Crippen LogP contribution >= 0.6 is 0 Å². The topological polar surface area (TPSA) is 49.3 Å². The van der Waals surface area contributed by atoms with Crippen LogP contribution in [-0.4, -0.2) is 10.9 Å². The number of anilines is 1. The van der Waals surface area contributed by atoms with Crippen LogP contribution in [0, 0.1) is 6.92 Å². The summed E-state index contributed by atoms with van der Waals surface area (Å²) < 4.78 is 0. The molecule has 0 atom stereocenters. The molecule has 2 N–H and O–H groups in total. The van der Waals surface area contributed by atoms with Crippen molar-refractivity contribution < 1.29 is 9.90 Å². The van der Waals surface area contributed by atoms with E-state index in [9.17, 15) is 9.90 Å². The average molecular weight is 231 g/mol. The molecule has 1 aromatic rings. The molecule has 0 aromatic heterocycles. The van der Waals surface area contributed by atoms with Gasteiger partial charge in [0.1, 0.15) is 5.75 Å². The van der Waals surface area contributed by atoms with E-state index in [1.807, 2.05) is 19.1 Å². The number of hydrogen-bond acceptors (Lipinski definition) is 3. The van der Waals surface area contributed by atoms with E-state index in [4.69, 9.17) is 0 Å². The maximum atomic E-state index is 11.6. The molecule has 2 rings (SSSR count). The third kappa shape index (κ3) is 2.87. The zero-order valence-corrected chi connectivity index (χ0v) is 9.99. The summed E-state index contributed by atoms with van der Waals surface area (Å²) >= 11 is 0. The standard InChI is InChI=1S/C14H17NO2/c1-10-6-7-12(14(17)8-10)15-9-11-4-2-3-5-13(11)16/h6-9,15,17H,2-5H2,1H3. The molecule has 0 heterocycles. The number of aryl methyl sites for hydroxylation is 1. The summed E-state index contributed by atoms with van der Waals surface area (Å²) in [5, 5.41) is 12.7. The number of ketones is 1. The molecule has 0 bridgehead atoms. The van der Waals surface area contributed by atoms with Crippen molar-refractivity contribution in [3.63, 3.8) is 0 Å². The van der Waals surface area contributed by atoms with Gasteiger partial charge in [0, 0.05) is 18.2 Å². The van der Waals surface area contributed by atoms with Crippen LogP contribution in [0.1, 0.15) is 31.2 Å². The molecule has 1 aliphatic rings. The number of allylic oxidation sites excluding steroid dienone is 1.